The number of rotatable bonds is 5. The van der Waals surface area contributed by atoms with Crippen molar-refractivity contribution in [2.45, 2.75) is 39.5 Å². The number of likely N-dealkylation sites (tertiary alicyclic amines) is 1. The quantitative estimate of drug-likeness (QED) is 0.820. The molecule has 1 aliphatic heterocycles. The zero-order chi connectivity index (χ0) is 19.9. The van der Waals surface area contributed by atoms with Crippen LogP contribution in [0.15, 0.2) is 42.5 Å². The number of hydrogen-bond donors (Lipinski definition) is 1. The summed E-state index contributed by atoms with van der Waals surface area (Å²) in [6.45, 7) is 5.98. The zero-order valence-corrected chi connectivity index (χ0v) is 16.7. The van der Waals surface area contributed by atoms with Gasteiger partial charge in [0.15, 0.2) is 0 Å². The Balaban J connectivity index is 1.78. The molecule has 1 heterocycles. The first-order chi connectivity index (χ1) is 13.6. The van der Waals surface area contributed by atoms with E-state index < -0.39 is 0 Å². The van der Waals surface area contributed by atoms with Gasteiger partial charge in [-0.2, -0.15) is 0 Å². The van der Waals surface area contributed by atoms with Gasteiger partial charge in [0, 0.05) is 18.7 Å². The second kappa shape index (κ2) is 9.40. The molecule has 28 heavy (non-hydrogen) atoms. The van der Waals surface area contributed by atoms with E-state index in [1.54, 1.807) is 24.3 Å². The summed E-state index contributed by atoms with van der Waals surface area (Å²) >= 11 is 0. The summed E-state index contributed by atoms with van der Waals surface area (Å²) < 4.78 is 5.54. The molecular formula is C23H28N2O3. The summed E-state index contributed by atoms with van der Waals surface area (Å²) in [6, 6.07) is 12.6. The lowest BCUT2D eigenvalue weighted by Crippen LogP contribution is -2.32. The number of benzene rings is 2. The van der Waals surface area contributed by atoms with Crippen LogP contribution >= 0.6 is 0 Å². The van der Waals surface area contributed by atoms with Crippen LogP contribution in [-0.4, -0.2) is 36.4 Å². The number of nitrogens with one attached hydrogen (secondary N) is 1. The minimum absolute atomic E-state index is 0.0133. The van der Waals surface area contributed by atoms with Gasteiger partial charge in [-0.25, -0.2) is 0 Å². The maximum Gasteiger partial charge on any atom is 0.255 e. The van der Waals surface area contributed by atoms with Gasteiger partial charge in [-0.1, -0.05) is 25.0 Å². The Bertz CT molecular complexity index is 839. The highest BCUT2D eigenvalue weighted by Crippen LogP contribution is 2.23. The van der Waals surface area contributed by atoms with Crippen molar-refractivity contribution in [3.8, 4) is 5.75 Å². The Morgan fingerprint density at radius 2 is 1.75 bits per heavy atom. The van der Waals surface area contributed by atoms with Gasteiger partial charge >= 0.3 is 0 Å². The van der Waals surface area contributed by atoms with Crippen LogP contribution in [0, 0.1) is 6.92 Å². The van der Waals surface area contributed by atoms with E-state index in [0.29, 0.717) is 23.4 Å². The van der Waals surface area contributed by atoms with Gasteiger partial charge in [-0.15, -0.1) is 0 Å². The van der Waals surface area contributed by atoms with Gasteiger partial charge in [-0.05, 0) is 62.6 Å². The maximum absolute atomic E-state index is 13.0. The largest absolute Gasteiger partial charge is 0.494 e. The number of amides is 2. The number of aryl methyl sites for hydroxylation is 1. The minimum Gasteiger partial charge on any atom is -0.494 e. The van der Waals surface area contributed by atoms with Crippen LogP contribution in [0.2, 0.25) is 0 Å². The van der Waals surface area contributed by atoms with Crippen molar-refractivity contribution in [3.05, 3.63) is 59.2 Å². The minimum atomic E-state index is -0.234. The third-order valence-corrected chi connectivity index (χ3v) is 5.04. The molecule has 1 N–H and O–H groups in total. The summed E-state index contributed by atoms with van der Waals surface area (Å²) in [6.07, 6.45) is 4.40. The summed E-state index contributed by atoms with van der Waals surface area (Å²) in [5.41, 5.74) is 2.54. The molecule has 3 rings (SSSR count). The van der Waals surface area contributed by atoms with E-state index in [0.717, 1.165) is 37.2 Å². The third-order valence-electron chi connectivity index (χ3n) is 5.04. The second-order valence-electron chi connectivity index (χ2n) is 7.12. The monoisotopic (exact) mass is 380 g/mol. The summed E-state index contributed by atoms with van der Waals surface area (Å²) in [5.74, 6) is 0.527. The molecule has 0 aromatic heterocycles. The average molecular weight is 380 g/mol. The number of anilines is 1. The summed E-state index contributed by atoms with van der Waals surface area (Å²) in [5, 5.41) is 2.91. The highest BCUT2D eigenvalue weighted by Gasteiger charge is 2.21. The molecule has 2 amide bonds. The fourth-order valence-electron chi connectivity index (χ4n) is 3.53. The lowest BCUT2D eigenvalue weighted by atomic mass is 10.1. The van der Waals surface area contributed by atoms with E-state index in [9.17, 15) is 9.59 Å². The van der Waals surface area contributed by atoms with Gasteiger partial charge in [0.25, 0.3) is 11.8 Å². The van der Waals surface area contributed by atoms with Gasteiger partial charge in [-0.3, -0.25) is 9.59 Å². The van der Waals surface area contributed by atoms with Crippen molar-refractivity contribution in [3.63, 3.8) is 0 Å². The lowest BCUT2D eigenvalue weighted by Gasteiger charge is -2.22. The first kappa shape index (κ1) is 19.9. The summed E-state index contributed by atoms with van der Waals surface area (Å²) in [7, 11) is 0. The van der Waals surface area contributed by atoms with Gasteiger partial charge < -0.3 is 15.0 Å². The fourth-order valence-corrected chi connectivity index (χ4v) is 3.53. The van der Waals surface area contributed by atoms with Crippen molar-refractivity contribution in [2.75, 3.05) is 25.0 Å². The lowest BCUT2D eigenvalue weighted by molar-refractivity contribution is 0.0762. The topological polar surface area (TPSA) is 58.6 Å². The molecule has 0 saturated carbocycles. The first-order valence-electron chi connectivity index (χ1n) is 10.0. The molecule has 0 unspecified atom stereocenters. The van der Waals surface area contributed by atoms with E-state index in [4.69, 9.17) is 4.74 Å². The normalized spacial score (nSPS) is 14.3. The van der Waals surface area contributed by atoms with Crippen LogP contribution in [0.3, 0.4) is 0 Å². The molecule has 0 spiro atoms. The van der Waals surface area contributed by atoms with E-state index in [1.165, 1.54) is 12.8 Å². The first-order valence-corrected chi connectivity index (χ1v) is 10.0. The molecular weight excluding hydrogens is 352 g/mol. The SMILES string of the molecule is CCOc1ccc(C(=O)Nc2ccccc2C(=O)N2CCCCCC2)cc1C. The molecule has 5 nitrogen and oxygen atoms in total. The number of ether oxygens (including phenoxy) is 1. The van der Waals surface area contributed by atoms with E-state index in [-0.39, 0.29) is 11.8 Å². The second-order valence-corrected chi connectivity index (χ2v) is 7.12. The van der Waals surface area contributed by atoms with Crippen molar-refractivity contribution >= 4 is 17.5 Å². The van der Waals surface area contributed by atoms with Crippen molar-refractivity contribution in [2.24, 2.45) is 0 Å². The highest BCUT2D eigenvalue weighted by molar-refractivity contribution is 6.09. The van der Waals surface area contributed by atoms with Gasteiger partial charge in [0.1, 0.15) is 5.75 Å². The fraction of sp³-hybridized carbons (Fsp3) is 0.391. The van der Waals surface area contributed by atoms with E-state index >= 15 is 0 Å². The Kier molecular flexibility index (Phi) is 6.69. The molecule has 2 aromatic carbocycles. The summed E-state index contributed by atoms with van der Waals surface area (Å²) in [4.78, 5) is 27.7. The molecule has 1 fully saturated rings. The predicted molar refractivity (Wildman–Crippen MR) is 111 cm³/mol. The molecule has 148 valence electrons. The number of hydrogen-bond acceptors (Lipinski definition) is 3. The van der Waals surface area contributed by atoms with Crippen LogP contribution in [0.4, 0.5) is 5.69 Å². The third kappa shape index (κ3) is 4.71. The predicted octanol–water partition coefficient (Wildman–Crippen LogP) is 4.66. The Morgan fingerprint density at radius 1 is 1.04 bits per heavy atom. The molecule has 0 aliphatic carbocycles. The number of nitrogens with zero attached hydrogens (tertiary/aromatic N) is 1. The van der Waals surface area contributed by atoms with E-state index in [1.807, 2.05) is 36.9 Å². The Morgan fingerprint density at radius 3 is 2.43 bits per heavy atom. The van der Waals surface area contributed by atoms with Crippen LogP contribution < -0.4 is 10.1 Å². The number of carbonyl (C=O) groups is 2. The molecule has 0 bridgehead atoms. The van der Waals surface area contributed by atoms with Gasteiger partial charge in [0.2, 0.25) is 0 Å². The molecule has 0 atom stereocenters. The Hall–Kier alpha value is -2.82. The standard InChI is InChI=1S/C23H28N2O3/c1-3-28-21-13-12-18(16-17(21)2)22(26)24-20-11-7-6-10-19(20)23(27)25-14-8-4-5-9-15-25/h6-7,10-13,16H,3-5,8-9,14-15H2,1-2H3,(H,24,26). The van der Waals surface area contributed by atoms with Crippen LogP contribution in [-0.2, 0) is 0 Å². The van der Waals surface area contributed by atoms with Crippen LogP contribution in [0.25, 0.3) is 0 Å². The molecule has 1 aliphatic rings. The van der Waals surface area contributed by atoms with Gasteiger partial charge in [0.05, 0.1) is 17.9 Å². The maximum atomic E-state index is 13.0. The molecule has 5 heteroatoms. The van der Waals surface area contributed by atoms with Crippen LogP contribution in [0.5, 0.6) is 5.75 Å². The smallest absolute Gasteiger partial charge is 0.255 e. The Labute approximate surface area is 166 Å². The molecule has 2 aromatic rings. The highest BCUT2D eigenvalue weighted by atomic mass is 16.5. The zero-order valence-electron chi connectivity index (χ0n) is 16.7. The van der Waals surface area contributed by atoms with Crippen molar-refractivity contribution < 1.29 is 14.3 Å². The van der Waals surface area contributed by atoms with Crippen molar-refractivity contribution in [1.82, 2.24) is 4.90 Å². The number of carbonyl (C=O) groups excluding carboxylic acids is 2. The average Bonchev–Trinajstić information content (AvgIpc) is 2.99. The van der Waals surface area contributed by atoms with E-state index in [2.05, 4.69) is 5.32 Å². The molecule has 0 radical (unpaired) electrons. The van der Waals surface area contributed by atoms with Crippen molar-refractivity contribution in [1.29, 1.82) is 0 Å². The number of para-hydroxylation sites is 1. The molecule has 1 saturated heterocycles. The van der Waals surface area contributed by atoms with Crippen LogP contribution in [0.1, 0.15) is 58.9 Å².